The predicted octanol–water partition coefficient (Wildman–Crippen LogP) is -0.0131. The monoisotopic (exact) mass is 262 g/mol. The fourth-order valence-corrected chi connectivity index (χ4v) is 2.08. The van der Waals surface area contributed by atoms with E-state index >= 15 is 0 Å². The maximum atomic E-state index is 5.83. The van der Waals surface area contributed by atoms with Gasteiger partial charge in [-0.1, -0.05) is 6.07 Å². The Kier molecular flexibility index (Phi) is 4.73. The van der Waals surface area contributed by atoms with E-state index in [-0.39, 0.29) is 0 Å². The molecule has 1 aliphatic heterocycles. The zero-order chi connectivity index (χ0) is 13.7. The molecule has 0 bridgehead atoms. The first-order chi connectivity index (χ1) is 9.15. The number of nitrogens with zero attached hydrogens (tertiary/aromatic N) is 3. The van der Waals surface area contributed by atoms with Crippen LogP contribution < -0.4 is 21.9 Å². The number of hydrazine groups is 1. The number of allylic oxidation sites excluding steroid dienone is 1. The summed E-state index contributed by atoms with van der Waals surface area (Å²) in [6, 6.07) is 3.97. The zero-order valence-electron chi connectivity index (χ0n) is 11.3. The molecule has 0 atom stereocenters. The van der Waals surface area contributed by atoms with Crippen molar-refractivity contribution in [3.63, 3.8) is 0 Å². The van der Waals surface area contributed by atoms with Crippen LogP contribution >= 0.6 is 0 Å². The van der Waals surface area contributed by atoms with Gasteiger partial charge in [-0.25, -0.2) is 10.8 Å². The van der Waals surface area contributed by atoms with E-state index in [2.05, 4.69) is 21.3 Å². The maximum Gasteiger partial charge on any atom is 0.146 e. The van der Waals surface area contributed by atoms with E-state index in [9.17, 15) is 0 Å². The molecule has 0 aromatic carbocycles. The Morgan fingerprint density at radius 3 is 2.79 bits per heavy atom. The van der Waals surface area contributed by atoms with Gasteiger partial charge in [0.1, 0.15) is 5.82 Å². The summed E-state index contributed by atoms with van der Waals surface area (Å²) in [5.41, 5.74) is 7.43. The van der Waals surface area contributed by atoms with E-state index in [0.29, 0.717) is 11.5 Å². The van der Waals surface area contributed by atoms with E-state index < -0.39 is 0 Å². The van der Waals surface area contributed by atoms with Crippen molar-refractivity contribution in [1.29, 1.82) is 0 Å². The first kappa shape index (κ1) is 13.8. The van der Waals surface area contributed by atoms with Crippen LogP contribution in [0.2, 0.25) is 0 Å². The summed E-state index contributed by atoms with van der Waals surface area (Å²) in [6.45, 7) is 7.01. The number of rotatable bonds is 4. The summed E-state index contributed by atoms with van der Waals surface area (Å²) >= 11 is 0. The minimum atomic E-state index is 0.647. The Morgan fingerprint density at radius 2 is 2.21 bits per heavy atom. The van der Waals surface area contributed by atoms with E-state index in [1.165, 1.54) is 10.6 Å². The summed E-state index contributed by atoms with van der Waals surface area (Å²) in [6.07, 6.45) is 3.52. The third kappa shape index (κ3) is 4.20. The molecule has 6 heteroatoms. The lowest BCUT2D eigenvalue weighted by Crippen LogP contribution is -2.42. The summed E-state index contributed by atoms with van der Waals surface area (Å²) in [5.74, 6) is 6.51. The standard InChI is InChI=1S/C13H22N6/c1-11(14)9-19(15)13-3-2-12(8-17-13)10-18-6-4-16-5-7-18/h2-3,8-9,16H,4-7,10,14-15H2,1H3/b11-9-. The van der Waals surface area contributed by atoms with Crippen molar-refractivity contribution in [2.75, 3.05) is 31.2 Å². The van der Waals surface area contributed by atoms with Crippen LogP contribution in [-0.4, -0.2) is 36.1 Å². The number of hydrogen-bond acceptors (Lipinski definition) is 6. The Bertz CT molecular complexity index is 417. The lowest BCUT2D eigenvalue weighted by molar-refractivity contribution is 0.233. The van der Waals surface area contributed by atoms with Crippen LogP contribution in [0.5, 0.6) is 0 Å². The first-order valence-electron chi connectivity index (χ1n) is 6.51. The van der Waals surface area contributed by atoms with Crippen molar-refractivity contribution < 1.29 is 0 Å². The second-order valence-corrected chi connectivity index (χ2v) is 4.83. The number of nitrogens with two attached hydrogens (primary N) is 2. The molecule has 0 amide bonds. The van der Waals surface area contributed by atoms with Crippen LogP contribution in [0.25, 0.3) is 0 Å². The van der Waals surface area contributed by atoms with Crippen LogP contribution in [0.3, 0.4) is 0 Å². The molecule has 0 saturated carbocycles. The van der Waals surface area contributed by atoms with Gasteiger partial charge in [0.2, 0.25) is 0 Å². The molecule has 1 saturated heterocycles. The number of pyridine rings is 1. The van der Waals surface area contributed by atoms with Gasteiger partial charge in [0.25, 0.3) is 0 Å². The van der Waals surface area contributed by atoms with Crippen molar-refractivity contribution in [2.45, 2.75) is 13.5 Å². The van der Waals surface area contributed by atoms with Crippen LogP contribution in [0.4, 0.5) is 5.82 Å². The number of aromatic nitrogens is 1. The van der Waals surface area contributed by atoms with Gasteiger partial charge in [0.15, 0.2) is 0 Å². The van der Waals surface area contributed by atoms with Gasteiger partial charge >= 0.3 is 0 Å². The van der Waals surface area contributed by atoms with Gasteiger partial charge in [-0.15, -0.1) is 0 Å². The number of piperazine rings is 1. The summed E-state index contributed by atoms with van der Waals surface area (Å²) < 4.78 is 0. The fourth-order valence-electron chi connectivity index (χ4n) is 2.08. The molecule has 2 heterocycles. The quantitative estimate of drug-likeness (QED) is 0.523. The maximum absolute atomic E-state index is 5.83. The fraction of sp³-hybridized carbons (Fsp3) is 0.462. The van der Waals surface area contributed by atoms with Crippen molar-refractivity contribution in [1.82, 2.24) is 15.2 Å². The van der Waals surface area contributed by atoms with E-state index in [1.54, 1.807) is 13.1 Å². The first-order valence-corrected chi connectivity index (χ1v) is 6.51. The number of nitrogens with one attached hydrogen (secondary N) is 1. The van der Waals surface area contributed by atoms with Gasteiger partial charge in [-0.2, -0.15) is 0 Å². The smallest absolute Gasteiger partial charge is 0.146 e. The van der Waals surface area contributed by atoms with Crippen LogP contribution in [0.1, 0.15) is 12.5 Å². The van der Waals surface area contributed by atoms with Crippen molar-refractivity contribution in [3.05, 3.63) is 35.8 Å². The summed E-state index contributed by atoms with van der Waals surface area (Å²) in [7, 11) is 0. The normalized spacial score (nSPS) is 17.5. The molecule has 19 heavy (non-hydrogen) atoms. The number of anilines is 1. The Balaban J connectivity index is 1.95. The lowest BCUT2D eigenvalue weighted by atomic mass is 10.2. The highest BCUT2D eigenvalue weighted by Gasteiger charge is 2.10. The molecule has 104 valence electrons. The molecule has 0 unspecified atom stereocenters. The summed E-state index contributed by atoms with van der Waals surface area (Å²) in [4.78, 5) is 6.77. The van der Waals surface area contributed by atoms with Crippen LogP contribution in [0, 0.1) is 0 Å². The third-order valence-corrected chi connectivity index (χ3v) is 3.03. The summed E-state index contributed by atoms with van der Waals surface area (Å²) in [5, 5.41) is 4.78. The second kappa shape index (κ2) is 6.51. The van der Waals surface area contributed by atoms with Crippen molar-refractivity contribution in [3.8, 4) is 0 Å². The molecule has 2 rings (SSSR count). The van der Waals surface area contributed by atoms with Gasteiger partial charge in [-0.05, 0) is 18.6 Å². The highest BCUT2D eigenvalue weighted by Crippen LogP contribution is 2.11. The lowest BCUT2D eigenvalue weighted by Gasteiger charge is -2.27. The second-order valence-electron chi connectivity index (χ2n) is 4.83. The molecule has 0 aliphatic carbocycles. The molecule has 6 nitrogen and oxygen atoms in total. The molecular weight excluding hydrogens is 240 g/mol. The molecular formula is C13H22N6. The van der Waals surface area contributed by atoms with Crippen LogP contribution in [0.15, 0.2) is 30.2 Å². The SMILES string of the molecule is C/C(N)=C/N(N)c1ccc(CN2CCNCC2)cn1. The Hall–Kier alpha value is -1.63. The Morgan fingerprint density at radius 1 is 1.47 bits per heavy atom. The van der Waals surface area contributed by atoms with Gasteiger partial charge in [0, 0.05) is 50.8 Å². The van der Waals surface area contributed by atoms with Crippen LogP contribution in [-0.2, 0) is 6.54 Å². The molecule has 1 fully saturated rings. The topological polar surface area (TPSA) is 83.4 Å². The Labute approximate surface area is 114 Å². The van der Waals surface area contributed by atoms with Gasteiger partial charge in [0.05, 0.1) is 0 Å². The van der Waals surface area contributed by atoms with E-state index in [0.717, 1.165) is 32.7 Å². The molecule has 5 N–H and O–H groups in total. The molecule has 1 aromatic rings. The van der Waals surface area contributed by atoms with Gasteiger partial charge < -0.3 is 11.1 Å². The highest BCUT2D eigenvalue weighted by atomic mass is 15.4. The van der Waals surface area contributed by atoms with Gasteiger partial charge in [-0.3, -0.25) is 9.91 Å². The molecule has 1 aromatic heterocycles. The third-order valence-electron chi connectivity index (χ3n) is 3.03. The predicted molar refractivity (Wildman–Crippen MR) is 77.0 cm³/mol. The van der Waals surface area contributed by atoms with Crippen molar-refractivity contribution >= 4 is 5.82 Å². The minimum absolute atomic E-state index is 0.647. The average molecular weight is 262 g/mol. The van der Waals surface area contributed by atoms with E-state index in [1.807, 2.05) is 12.3 Å². The molecule has 1 aliphatic rings. The van der Waals surface area contributed by atoms with E-state index in [4.69, 9.17) is 11.6 Å². The molecule has 0 spiro atoms. The zero-order valence-corrected chi connectivity index (χ0v) is 11.3. The highest BCUT2D eigenvalue weighted by molar-refractivity contribution is 5.41. The average Bonchev–Trinajstić information content (AvgIpc) is 2.40. The minimum Gasteiger partial charge on any atom is -0.401 e. The van der Waals surface area contributed by atoms with Crippen molar-refractivity contribution in [2.24, 2.45) is 11.6 Å². The number of hydrogen-bond donors (Lipinski definition) is 3. The molecule has 0 radical (unpaired) electrons. The largest absolute Gasteiger partial charge is 0.401 e.